The topological polar surface area (TPSA) is 44.5 Å². The predicted molar refractivity (Wildman–Crippen MR) is 66.9 cm³/mol. The predicted octanol–water partition coefficient (Wildman–Crippen LogP) is 3.23. The fourth-order valence-corrected chi connectivity index (χ4v) is 1.28. The van der Waals surface area contributed by atoms with E-state index in [2.05, 4.69) is 0 Å². The number of rotatable bonds is 5. The zero-order valence-corrected chi connectivity index (χ0v) is 10.8. The van der Waals surface area contributed by atoms with Crippen LogP contribution in [0.1, 0.15) is 27.7 Å². The van der Waals surface area contributed by atoms with E-state index in [1.54, 1.807) is 0 Å². The summed E-state index contributed by atoms with van der Waals surface area (Å²) in [5.74, 6) is 0.561. The number of hydrogen-bond acceptors (Lipinski definition) is 3. The van der Waals surface area contributed by atoms with Gasteiger partial charge in [-0.15, -0.1) is 0 Å². The second-order valence-corrected chi connectivity index (χ2v) is 4.69. The number of benzene rings is 1. The minimum absolute atomic E-state index is 0.0916. The SMILES string of the molecule is CC(C)COc1cc(OC(C)C)c(F)cc1N. The van der Waals surface area contributed by atoms with Crippen molar-refractivity contribution in [2.24, 2.45) is 5.92 Å². The van der Waals surface area contributed by atoms with E-state index in [9.17, 15) is 4.39 Å². The second-order valence-electron chi connectivity index (χ2n) is 4.69. The Morgan fingerprint density at radius 1 is 1.18 bits per heavy atom. The van der Waals surface area contributed by atoms with E-state index in [1.165, 1.54) is 12.1 Å². The number of hydrogen-bond donors (Lipinski definition) is 1. The zero-order valence-electron chi connectivity index (χ0n) is 10.8. The molecule has 0 amide bonds. The minimum atomic E-state index is -0.465. The number of nitrogen functional groups attached to an aromatic ring is 1. The van der Waals surface area contributed by atoms with Crippen molar-refractivity contribution in [1.82, 2.24) is 0 Å². The highest BCUT2D eigenvalue weighted by atomic mass is 19.1. The molecular formula is C13H20FNO2. The number of nitrogens with two attached hydrogens (primary N) is 1. The van der Waals surface area contributed by atoms with Gasteiger partial charge in [-0.05, 0) is 19.8 Å². The highest BCUT2D eigenvalue weighted by molar-refractivity contribution is 5.56. The molecular weight excluding hydrogens is 221 g/mol. The van der Waals surface area contributed by atoms with E-state index in [0.717, 1.165) is 0 Å². The lowest BCUT2D eigenvalue weighted by molar-refractivity contribution is 0.227. The van der Waals surface area contributed by atoms with Crippen LogP contribution in [0.4, 0.5) is 10.1 Å². The maximum Gasteiger partial charge on any atom is 0.167 e. The Labute approximate surface area is 102 Å². The molecule has 0 saturated heterocycles. The lowest BCUT2D eigenvalue weighted by Gasteiger charge is -2.15. The fraction of sp³-hybridized carbons (Fsp3) is 0.538. The summed E-state index contributed by atoms with van der Waals surface area (Å²) < 4.78 is 24.4. The molecule has 0 bridgehead atoms. The summed E-state index contributed by atoms with van der Waals surface area (Å²) in [4.78, 5) is 0. The lowest BCUT2D eigenvalue weighted by atomic mass is 10.2. The van der Waals surface area contributed by atoms with Crippen LogP contribution in [0.2, 0.25) is 0 Å². The molecule has 3 nitrogen and oxygen atoms in total. The number of anilines is 1. The van der Waals surface area contributed by atoms with Crippen molar-refractivity contribution in [2.75, 3.05) is 12.3 Å². The van der Waals surface area contributed by atoms with Gasteiger partial charge in [0.25, 0.3) is 0 Å². The highest BCUT2D eigenvalue weighted by Gasteiger charge is 2.11. The van der Waals surface area contributed by atoms with Gasteiger partial charge in [0.05, 0.1) is 18.4 Å². The van der Waals surface area contributed by atoms with Gasteiger partial charge >= 0.3 is 0 Å². The Balaban J connectivity index is 2.89. The molecule has 0 aliphatic carbocycles. The number of halogens is 1. The molecule has 0 heterocycles. The van der Waals surface area contributed by atoms with Gasteiger partial charge in [-0.1, -0.05) is 13.8 Å². The van der Waals surface area contributed by atoms with Crippen molar-refractivity contribution >= 4 is 5.69 Å². The smallest absolute Gasteiger partial charge is 0.167 e. The molecule has 0 spiro atoms. The third-order valence-electron chi connectivity index (χ3n) is 2.00. The fourth-order valence-electron chi connectivity index (χ4n) is 1.28. The van der Waals surface area contributed by atoms with Crippen molar-refractivity contribution < 1.29 is 13.9 Å². The van der Waals surface area contributed by atoms with E-state index in [-0.39, 0.29) is 11.9 Å². The molecule has 0 unspecified atom stereocenters. The summed E-state index contributed by atoms with van der Waals surface area (Å²) >= 11 is 0. The van der Waals surface area contributed by atoms with E-state index >= 15 is 0 Å². The van der Waals surface area contributed by atoms with Crippen LogP contribution in [0.25, 0.3) is 0 Å². The molecule has 17 heavy (non-hydrogen) atoms. The minimum Gasteiger partial charge on any atom is -0.491 e. The van der Waals surface area contributed by atoms with E-state index in [0.29, 0.717) is 24.0 Å². The van der Waals surface area contributed by atoms with Crippen molar-refractivity contribution in [2.45, 2.75) is 33.8 Å². The molecule has 1 aromatic carbocycles. The van der Waals surface area contributed by atoms with E-state index in [4.69, 9.17) is 15.2 Å². The van der Waals surface area contributed by atoms with Gasteiger partial charge in [0.15, 0.2) is 11.6 Å². The standard InChI is InChI=1S/C13H20FNO2/c1-8(2)7-16-13-6-12(17-9(3)4)10(14)5-11(13)15/h5-6,8-9H,7,15H2,1-4H3. The maximum absolute atomic E-state index is 13.5. The molecule has 96 valence electrons. The second kappa shape index (κ2) is 5.75. The molecule has 0 atom stereocenters. The Morgan fingerprint density at radius 3 is 2.35 bits per heavy atom. The molecule has 2 N–H and O–H groups in total. The highest BCUT2D eigenvalue weighted by Crippen LogP contribution is 2.31. The number of ether oxygens (including phenoxy) is 2. The van der Waals surface area contributed by atoms with Crippen molar-refractivity contribution in [3.63, 3.8) is 0 Å². The van der Waals surface area contributed by atoms with Crippen LogP contribution >= 0.6 is 0 Å². The van der Waals surface area contributed by atoms with Crippen LogP contribution in [0, 0.1) is 11.7 Å². The normalized spacial score (nSPS) is 11.0. The van der Waals surface area contributed by atoms with Gasteiger partial charge in [0.1, 0.15) is 5.75 Å². The first-order valence-corrected chi connectivity index (χ1v) is 5.78. The summed E-state index contributed by atoms with van der Waals surface area (Å²) in [6.45, 7) is 8.28. The molecule has 0 fully saturated rings. The van der Waals surface area contributed by atoms with E-state index < -0.39 is 5.82 Å². The van der Waals surface area contributed by atoms with Crippen LogP contribution in [0.3, 0.4) is 0 Å². The molecule has 0 aromatic heterocycles. The summed E-state index contributed by atoms with van der Waals surface area (Å²) in [6, 6.07) is 2.74. The Morgan fingerprint density at radius 2 is 1.82 bits per heavy atom. The molecule has 0 saturated carbocycles. The third kappa shape index (κ3) is 4.13. The first kappa shape index (κ1) is 13.6. The Bertz CT molecular complexity index is 378. The summed E-state index contributed by atoms with van der Waals surface area (Å²) in [7, 11) is 0. The van der Waals surface area contributed by atoms with E-state index in [1.807, 2.05) is 27.7 Å². The molecule has 0 aliphatic heterocycles. The van der Waals surface area contributed by atoms with Gasteiger partial charge in [0.2, 0.25) is 0 Å². The average Bonchev–Trinajstić information content (AvgIpc) is 2.19. The maximum atomic E-state index is 13.5. The molecule has 0 radical (unpaired) electrons. The third-order valence-corrected chi connectivity index (χ3v) is 2.00. The first-order chi connectivity index (χ1) is 7.90. The lowest BCUT2D eigenvalue weighted by Crippen LogP contribution is -2.09. The van der Waals surface area contributed by atoms with Gasteiger partial charge in [0, 0.05) is 12.1 Å². The van der Waals surface area contributed by atoms with Gasteiger partial charge in [-0.2, -0.15) is 0 Å². The first-order valence-electron chi connectivity index (χ1n) is 5.78. The summed E-state index contributed by atoms with van der Waals surface area (Å²) in [5.41, 5.74) is 5.98. The Kier molecular flexibility index (Phi) is 4.61. The van der Waals surface area contributed by atoms with Crippen molar-refractivity contribution in [3.05, 3.63) is 17.9 Å². The summed E-state index contributed by atoms with van der Waals surface area (Å²) in [6.07, 6.45) is -0.0916. The van der Waals surface area contributed by atoms with Crippen LogP contribution in [0.15, 0.2) is 12.1 Å². The van der Waals surface area contributed by atoms with Crippen molar-refractivity contribution in [1.29, 1.82) is 0 Å². The average molecular weight is 241 g/mol. The summed E-state index contributed by atoms with van der Waals surface area (Å²) in [5, 5.41) is 0. The molecule has 0 aliphatic rings. The quantitative estimate of drug-likeness (QED) is 0.805. The van der Waals surface area contributed by atoms with Crippen LogP contribution < -0.4 is 15.2 Å². The Hall–Kier alpha value is -1.45. The van der Waals surface area contributed by atoms with Gasteiger partial charge in [-0.3, -0.25) is 0 Å². The van der Waals surface area contributed by atoms with Crippen molar-refractivity contribution in [3.8, 4) is 11.5 Å². The molecule has 1 rings (SSSR count). The van der Waals surface area contributed by atoms with Gasteiger partial charge in [-0.25, -0.2) is 4.39 Å². The van der Waals surface area contributed by atoms with Crippen LogP contribution in [-0.4, -0.2) is 12.7 Å². The molecule has 1 aromatic rings. The largest absolute Gasteiger partial charge is 0.491 e. The molecule has 4 heteroatoms. The monoisotopic (exact) mass is 241 g/mol. The van der Waals surface area contributed by atoms with Crippen LogP contribution in [-0.2, 0) is 0 Å². The van der Waals surface area contributed by atoms with Gasteiger partial charge < -0.3 is 15.2 Å². The zero-order chi connectivity index (χ0) is 13.0. The van der Waals surface area contributed by atoms with Crippen LogP contribution in [0.5, 0.6) is 11.5 Å².